The van der Waals surface area contributed by atoms with E-state index >= 15 is 0 Å². The van der Waals surface area contributed by atoms with Gasteiger partial charge in [0.2, 0.25) is 0 Å². The smallest absolute Gasteiger partial charge is 0.437 e. The zero-order chi connectivity index (χ0) is 14.0. The summed E-state index contributed by atoms with van der Waals surface area (Å²) in [6.07, 6.45) is 0. The predicted molar refractivity (Wildman–Crippen MR) is 71.8 cm³/mol. The second-order valence-electron chi connectivity index (χ2n) is 3.90. The summed E-state index contributed by atoms with van der Waals surface area (Å²) in [6, 6.07) is 4.70. The molecule has 1 aromatic carbocycles. The van der Waals surface area contributed by atoms with Gasteiger partial charge in [0.1, 0.15) is 5.75 Å². The zero-order valence-electron chi connectivity index (χ0n) is 10.8. The van der Waals surface area contributed by atoms with E-state index in [-0.39, 0.29) is 13.1 Å². The largest absolute Gasteiger partial charge is 0.495 e. The minimum absolute atomic E-state index is 0.209. The minimum Gasteiger partial charge on any atom is -0.495 e. The molecule has 3 N–H and O–H groups in total. The van der Waals surface area contributed by atoms with Crippen LogP contribution in [0.4, 0.5) is 11.4 Å². The van der Waals surface area contributed by atoms with Crippen LogP contribution in [0.1, 0.15) is 13.8 Å². The van der Waals surface area contributed by atoms with Crippen LogP contribution in [0.15, 0.2) is 18.2 Å². The fourth-order valence-electron chi connectivity index (χ4n) is 2.02. The summed E-state index contributed by atoms with van der Waals surface area (Å²) in [5.74, 6) is 0.472. The maximum Gasteiger partial charge on any atom is 0.437 e. The average molecular weight is 275 g/mol. The summed E-state index contributed by atoms with van der Waals surface area (Å²) in [4.78, 5) is 0. The third kappa shape index (κ3) is 2.29. The average Bonchev–Trinajstić information content (AvgIpc) is 2.29. The van der Waals surface area contributed by atoms with Crippen molar-refractivity contribution in [2.75, 3.05) is 25.9 Å². The molecule has 18 heavy (non-hydrogen) atoms. The van der Waals surface area contributed by atoms with Crippen molar-refractivity contribution in [1.29, 1.82) is 0 Å². The number of ether oxygens (including phenoxy) is 1. The van der Waals surface area contributed by atoms with Crippen LogP contribution in [0.3, 0.4) is 0 Å². The summed E-state index contributed by atoms with van der Waals surface area (Å²) in [5.41, 5.74) is 6.52. The summed E-state index contributed by atoms with van der Waals surface area (Å²) < 4.78 is 37.2. The van der Waals surface area contributed by atoms with E-state index in [0.29, 0.717) is 17.1 Å². The Morgan fingerprint density at radius 3 is 2.22 bits per heavy atom. The molecule has 0 unspecified atom stereocenters. The molecule has 0 saturated heterocycles. The number of benzene rings is 1. The molecule has 0 radical (unpaired) electrons. The highest BCUT2D eigenvalue weighted by Gasteiger charge is 2.40. The zero-order valence-corrected chi connectivity index (χ0v) is 11.6. The van der Waals surface area contributed by atoms with Crippen LogP contribution in [-0.4, -0.2) is 33.2 Å². The van der Waals surface area contributed by atoms with Gasteiger partial charge in [-0.25, -0.2) is 4.55 Å². The van der Waals surface area contributed by atoms with Gasteiger partial charge in [0, 0.05) is 12.1 Å². The Labute approximate surface area is 107 Å². The first-order chi connectivity index (χ1) is 8.32. The highest BCUT2D eigenvalue weighted by atomic mass is 32.2. The third-order valence-electron chi connectivity index (χ3n) is 3.15. The number of nitrogen functional groups attached to an aromatic ring is 1. The predicted octanol–water partition coefficient (Wildman–Crippen LogP) is 1.43. The van der Waals surface area contributed by atoms with E-state index in [4.69, 9.17) is 10.5 Å². The van der Waals surface area contributed by atoms with Crippen LogP contribution in [0.5, 0.6) is 5.75 Å². The number of nitrogens with zero attached hydrogens (tertiary/aromatic N) is 1. The van der Waals surface area contributed by atoms with Gasteiger partial charge in [0.05, 0.1) is 25.9 Å². The third-order valence-corrected chi connectivity index (χ3v) is 4.76. The molecule has 102 valence electrons. The Kier molecular flexibility index (Phi) is 4.20. The summed E-state index contributed by atoms with van der Waals surface area (Å²) in [5, 5.41) is 0. The molecule has 0 fully saturated rings. The van der Waals surface area contributed by atoms with E-state index < -0.39 is 14.2 Å². The van der Waals surface area contributed by atoms with E-state index in [1.807, 2.05) is 0 Å². The van der Waals surface area contributed by atoms with Crippen molar-refractivity contribution in [3.63, 3.8) is 0 Å². The molecule has 0 atom stereocenters. The number of nitrogens with two attached hydrogens (primary N) is 1. The molecular formula is C11H19N2O4S+. The number of hydrogen-bond acceptors (Lipinski definition) is 4. The van der Waals surface area contributed by atoms with E-state index in [9.17, 15) is 13.0 Å². The van der Waals surface area contributed by atoms with Crippen molar-refractivity contribution >= 4 is 21.7 Å². The molecule has 0 amide bonds. The Morgan fingerprint density at radius 2 is 1.89 bits per heavy atom. The van der Waals surface area contributed by atoms with Crippen LogP contribution in [0, 0.1) is 0 Å². The highest BCUT2D eigenvalue weighted by Crippen LogP contribution is 2.32. The molecule has 6 nitrogen and oxygen atoms in total. The maximum absolute atomic E-state index is 11.6. The van der Waals surface area contributed by atoms with Crippen molar-refractivity contribution in [2.45, 2.75) is 13.8 Å². The van der Waals surface area contributed by atoms with Crippen LogP contribution in [0.2, 0.25) is 0 Å². The van der Waals surface area contributed by atoms with Crippen molar-refractivity contribution in [1.82, 2.24) is 3.89 Å². The number of anilines is 1. The van der Waals surface area contributed by atoms with Crippen LogP contribution >= 0.6 is 0 Å². The summed E-state index contributed by atoms with van der Waals surface area (Å²) >= 11 is 0. The lowest BCUT2D eigenvalue weighted by molar-refractivity contribution is 0.366. The molecule has 1 aromatic rings. The van der Waals surface area contributed by atoms with Crippen molar-refractivity contribution in [2.24, 2.45) is 0 Å². The van der Waals surface area contributed by atoms with Gasteiger partial charge in [-0.15, -0.1) is 8.42 Å². The van der Waals surface area contributed by atoms with E-state index in [2.05, 4.69) is 0 Å². The lowest BCUT2D eigenvalue weighted by Crippen LogP contribution is -2.53. The van der Waals surface area contributed by atoms with Gasteiger partial charge < -0.3 is 10.5 Å². The maximum atomic E-state index is 11.6. The van der Waals surface area contributed by atoms with Gasteiger partial charge in [0.25, 0.3) is 0 Å². The van der Waals surface area contributed by atoms with Gasteiger partial charge in [-0.3, -0.25) is 0 Å². The molecule has 0 aliphatic heterocycles. The van der Waals surface area contributed by atoms with Crippen LogP contribution < -0.4 is 14.4 Å². The number of quaternary nitrogens is 1. The number of methoxy groups -OCH3 is 1. The van der Waals surface area contributed by atoms with Crippen molar-refractivity contribution < 1.29 is 17.7 Å². The van der Waals surface area contributed by atoms with Gasteiger partial charge in [0.15, 0.2) is 5.69 Å². The molecule has 0 heterocycles. The number of rotatable bonds is 5. The minimum atomic E-state index is -4.27. The molecule has 7 heteroatoms. The Balaban J connectivity index is 3.45. The van der Waals surface area contributed by atoms with E-state index in [1.54, 1.807) is 26.0 Å². The fourth-order valence-corrected chi connectivity index (χ4v) is 3.06. The highest BCUT2D eigenvalue weighted by molar-refractivity contribution is 7.85. The molecule has 0 aromatic heterocycles. The van der Waals surface area contributed by atoms with Gasteiger partial charge in [-0.1, -0.05) is 0 Å². The number of hydrogen-bond donors (Lipinski definition) is 2. The molecule has 0 bridgehead atoms. The monoisotopic (exact) mass is 275 g/mol. The molecule has 1 rings (SSSR count). The van der Waals surface area contributed by atoms with E-state index in [1.165, 1.54) is 13.2 Å². The first kappa shape index (κ1) is 14.7. The van der Waals surface area contributed by atoms with Gasteiger partial charge in [-0.05, 0) is 19.9 Å². The first-order valence-electron chi connectivity index (χ1n) is 5.61. The normalized spacial score (nSPS) is 12.4. The van der Waals surface area contributed by atoms with Gasteiger partial charge >= 0.3 is 10.3 Å². The molecule has 0 spiro atoms. The van der Waals surface area contributed by atoms with E-state index in [0.717, 1.165) is 0 Å². The lowest BCUT2D eigenvalue weighted by atomic mass is 10.2. The standard InChI is InChI=1S/C11H18N2O4S/c1-4-13(5-2,18(14,15)16)9-6-7-11(17-3)10(12)8-9/h6-8H,4-5,12H2,1-3H3/p+1. The molecule has 0 aliphatic rings. The SMILES string of the molecule is CC[N+](CC)(c1ccc(OC)c(N)c1)S(=O)(=O)O. The second-order valence-corrected chi connectivity index (χ2v) is 5.49. The Bertz CT molecular complexity index is 524. The van der Waals surface area contributed by atoms with Crippen LogP contribution in [0.25, 0.3) is 0 Å². The molecular weight excluding hydrogens is 256 g/mol. The Morgan fingerprint density at radius 1 is 1.33 bits per heavy atom. The fraction of sp³-hybridized carbons (Fsp3) is 0.455. The van der Waals surface area contributed by atoms with Crippen molar-refractivity contribution in [3.05, 3.63) is 18.2 Å². The van der Waals surface area contributed by atoms with Gasteiger partial charge in [-0.2, -0.15) is 3.89 Å². The van der Waals surface area contributed by atoms with Crippen molar-refractivity contribution in [3.8, 4) is 5.75 Å². The molecule has 0 aliphatic carbocycles. The summed E-state index contributed by atoms with van der Waals surface area (Å²) in [6.45, 7) is 3.80. The molecule has 0 saturated carbocycles. The quantitative estimate of drug-likeness (QED) is 0.482. The lowest BCUT2D eigenvalue weighted by Gasteiger charge is -2.31. The summed E-state index contributed by atoms with van der Waals surface area (Å²) in [7, 11) is -2.79. The van der Waals surface area contributed by atoms with Crippen LogP contribution in [-0.2, 0) is 10.3 Å². The topological polar surface area (TPSA) is 89.6 Å². The Hall–Kier alpha value is -1.31. The second kappa shape index (κ2) is 5.13. The first-order valence-corrected chi connectivity index (χ1v) is 7.00.